The van der Waals surface area contributed by atoms with Gasteiger partial charge in [0.1, 0.15) is 0 Å². The van der Waals surface area contributed by atoms with Crippen molar-refractivity contribution in [2.75, 3.05) is 16.6 Å². The van der Waals surface area contributed by atoms with Crippen molar-refractivity contribution in [2.24, 2.45) is 0 Å². The van der Waals surface area contributed by atoms with E-state index in [1.165, 1.54) is 16.4 Å². The first-order valence-corrected chi connectivity index (χ1v) is 8.41. The third-order valence-electron chi connectivity index (χ3n) is 3.01. The lowest BCUT2D eigenvalue weighted by Crippen LogP contribution is -2.31. The molecule has 0 radical (unpaired) electrons. The van der Waals surface area contributed by atoms with Gasteiger partial charge in [0.15, 0.2) is 0 Å². The monoisotopic (exact) mass is 324 g/mol. The minimum atomic E-state index is -3.61. The van der Waals surface area contributed by atoms with E-state index in [0.717, 1.165) is 0 Å². The lowest BCUT2D eigenvalue weighted by atomic mass is 10.3. The van der Waals surface area contributed by atoms with Crippen molar-refractivity contribution in [3.63, 3.8) is 0 Å². The quantitative estimate of drug-likeness (QED) is 0.856. The molecule has 0 atom stereocenters. The number of hydrogen-bond acceptors (Lipinski definition) is 3. The van der Waals surface area contributed by atoms with Gasteiger partial charge in [-0.25, -0.2) is 8.42 Å². The molecule has 0 heterocycles. The summed E-state index contributed by atoms with van der Waals surface area (Å²) in [6.45, 7) is 2.33. The fraction of sp³-hybridized carbons (Fsp3) is 0.200. The average molecular weight is 325 g/mol. The Bertz CT molecular complexity index is 697. The number of halogens is 1. The molecule has 0 unspecified atom stereocenters. The van der Waals surface area contributed by atoms with Crippen LogP contribution in [0.1, 0.15) is 13.3 Å². The van der Waals surface area contributed by atoms with Crippen molar-refractivity contribution in [1.29, 1.82) is 0 Å². The summed E-state index contributed by atoms with van der Waals surface area (Å²) in [5.41, 5.74) is 6.85. The summed E-state index contributed by atoms with van der Waals surface area (Å²) in [7, 11) is -3.61. The van der Waals surface area contributed by atoms with Crippen LogP contribution in [-0.2, 0) is 10.0 Å². The third-order valence-corrected chi connectivity index (χ3v) is 5.10. The first-order chi connectivity index (χ1) is 9.95. The molecule has 0 amide bonds. The standard InChI is InChI=1S/C15H17ClN2O2S/c1-2-11-18(14-7-5-13(17)6-8-14)21(19,20)15-9-3-12(16)4-10-15/h3-10H,2,11,17H2,1H3. The minimum Gasteiger partial charge on any atom is -0.399 e. The Labute approximate surface area is 130 Å². The van der Waals surface area contributed by atoms with Crippen molar-refractivity contribution < 1.29 is 8.42 Å². The number of nitrogen functional groups attached to an aromatic ring is 1. The summed E-state index contributed by atoms with van der Waals surface area (Å²) in [4.78, 5) is 0.220. The van der Waals surface area contributed by atoms with E-state index in [2.05, 4.69) is 0 Å². The van der Waals surface area contributed by atoms with E-state index in [1.54, 1.807) is 36.4 Å². The molecule has 0 bridgehead atoms. The molecule has 112 valence electrons. The summed E-state index contributed by atoms with van der Waals surface area (Å²) in [5, 5.41) is 0.503. The number of hydrogen-bond donors (Lipinski definition) is 1. The maximum atomic E-state index is 12.8. The van der Waals surface area contributed by atoms with Crippen LogP contribution in [0.25, 0.3) is 0 Å². The van der Waals surface area contributed by atoms with Crippen LogP contribution in [0, 0.1) is 0 Å². The van der Waals surface area contributed by atoms with Gasteiger partial charge in [-0.3, -0.25) is 4.31 Å². The highest BCUT2D eigenvalue weighted by atomic mass is 35.5. The molecule has 2 rings (SSSR count). The minimum absolute atomic E-state index is 0.220. The summed E-state index contributed by atoms with van der Waals surface area (Å²) in [6, 6.07) is 13.0. The second-order valence-electron chi connectivity index (χ2n) is 4.62. The van der Waals surface area contributed by atoms with E-state index >= 15 is 0 Å². The molecule has 0 saturated heterocycles. The van der Waals surface area contributed by atoms with Gasteiger partial charge in [-0.1, -0.05) is 18.5 Å². The molecule has 0 fully saturated rings. The van der Waals surface area contributed by atoms with Crippen molar-refractivity contribution in [1.82, 2.24) is 0 Å². The summed E-state index contributed by atoms with van der Waals surface area (Å²) in [5.74, 6) is 0. The second-order valence-corrected chi connectivity index (χ2v) is 6.92. The van der Waals surface area contributed by atoms with Crippen LogP contribution in [0.3, 0.4) is 0 Å². The van der Waals surface area contributed by atoms with Gasteiger partial charge in [0.05, 0.1) is 10.6 Å². The van der Waals surface area contributed by atoms with E-state index in [0.29, 0.717) is 29.4 Å². The van der Waals surface area contributed by atoms with Crippen LogP contribution in [0.4, 0.5) is 11.4 Å². The number of rotatable bonds is 5. The summed E-state index contributed by atoms with van der Waals surface area (Å²) in [6.07, 6.45) is 0.706. The molecule has 0 aliphatic rings. The molecule has 0 aliphatic heterocycles. The van der Waals surface area contributed by atoms with Gasteiger partial charge in [0.25, 0.3) is 10.0 Å². The van der Waals surface area contributed by atoms with Crippen molar-refractivity contribution in [3.05, 3.63) is 53.6 Å². The maximum Gasteiger partial charge on any atom is 0.264 e. The van der Waals surface area contributed by atoms with Gasteiger partial charge in [-0.15, -0.1) is 0 Å². The highest BCUT2D eigenvalue weighted by Crippen LogP contribution is 2.25. The zero-order valence-electron chi connectivity index (χ0n) is 11.7. The van der Waals surface area contributed by atoms with E-state index in [1.807, 2.05) is 6.92 Å². The van der Waals surface area contributed by atoms with Gasteiger partial charge < -0.3 is 5.73 Å². The molecule has 4 nitrogen and oxygen atoms in total. The van der Waals surface area contributed by atoms with Crippen LogP contribution >= 0.6 is 11.6 Å². The Morgan fingerprint density at radius 2 is 1.62 bits per heavy atom. The van der Waals surface area contributed by atoms with Gasteiger partial charge in [0.2, 0.25) is 0 Å². The van der Waals surface area contributed by atoms with E-state index < -0.39 is 10.0 Å². The topological polar surface area (TPSA) is 63.4 Å². The molecule has 0 aliphatic carbocycles. The number of benzene rings is 2. The molecular formula is C15H17ClN2O2S. The summed E-state index contributed by atoms with van der Waals surface area (Å²) < 4.78 is 26.9. The van der Waals surface area contributed by atoms with Crippen molar-refractivity contribution in [3.8, 4) is 0 Å². The largest absolute Gasteiger partial charge is 0.399 e. The first-order valence-electron chi connectivity index (χ1n) is 6.59. The highest BCUT2D eigenvalue weighted by molar-refractivity contribution is 7.92. The number of sulfonamides is 1. The third kappa shape index (κ3) is 3.49. The second kappa shape index (κ2) is 6.37. The predicted molar refractivity (Wildman–Crippen MR) is 87.1 cm³/mol. The SMILES string of the molecule is CCCN(c1ccc(N)cc1)S(=O)(=O)c1ccc(Cl)cc1. The van der Waals surface area contributed by atoms with Crippen LogP contribution < -0.4 is 10.0 Å². The Morgan fingerprint density at radius 1 is 1.05 bits per heavy atom. The Morgan fingerprint density at radius 3 is 2.14 bits per heavy atom. The molecule has 21 heavy (non-hydrogen) atoms. The highest BCUT2D eigenvalue weighted by Gasteiger charge is 2.24. The van der Waals surface area contributed by atoms with Crippen LogP contribution in [0.2, 0.25) is 5.02 Å². The molecule has 2 aromatic rings. The van der Waals surface area contributed by atoms with Crippen molar-refractivity contribution in [2.45, 2.75) is 18.2 Å². The zero-order chi connectivity index (χ0) is 15.5. The number of nitrogens with zero attached hydrogens (tertiary/aromatic N) is 1. The normalized spacial score (nSPS) is 11.3. The van der Waals surface area contributed by atoms with Crippen LogP contribution in [0.15, 0.2) is 53.4 Å². The van der Waals surface area contributed by atoms with Crippen LogP contribution in [-0.4, -0.2) is 15.0 Å². The lowest BCUT2D eigenvalue weighted by Gasteiger charge is -2.24. The first kappa shape index (κ1) is 15.7. The molecular weight excluding hydrogens is 308 g/mol. The maximum absolute atomic E-state index is 12.8. The average Bonchev–Trinajstić information content (AvgIpc) is 2.46. The Hall–Kier alpha value is -1.72. The fourth-order valence-electron chi connectivity index (χ4n) is 1.97. The molecule has 6 heteroatoms. The van der Waals surface area contributed by atoms with Crippen LogP contribution in [0.5, 0.6) is 0 Å². The van der Waals surface area contributed by atoms with Gasteiger partial charge in [-0.2, -0.15) is 0 Å². The number of nitrogens with two attached hydrogens (primary N) is 1. The smallest absolute Gasteiger partial charge is 0.264 e. The number of anilines is 2. The molecule has 0 aromatic heterocycles. The molecule has 2 aromatic carbocycles. The Balaban J connectivity index is 2.45. The fourth-order valence-corrected chi connectivity index (χ4v) is 3.65. The predicted octanol–water partition coefficient (Wildman–Crippen LogP) is 3.53. The van der Waals surface area contributed by atoms with E-state index in [-0.39, 0.29) is 4.90 Å². The molecule has 2 N–H and O–H groups in total. The lowest BCUT2D eigenvalue weighted by molar-refractivity contribution is 0.590. The van der Waals surface area contributed by atoms with Gasteiger partial charge in [0, 0.05) is 17.3 Å². The molecule has 0 spiro atoms. The van der Waals surface area contributed by atoms with Gasteiger partial charge in [-0.05, 0) is 55.0 Å². The van der Waals surface area contributed by atoms with Gasteiger partial charge >= 0.3 is 0 Å². The van der Waals surface area contributed by atoms with E-state index in [4.69, 9.17) is 17.3 Å². The summed E-state index contributed by atoms with van der Waals surface area (Å²) >= 11 is 5.81. The zero-order valence-corrected chi connectivity index (χ0v) is 13.2. The molecule has 0 saturated carbocycles. The van der Waals surface area contributed by atoms with Crippen molar-refractivity contribution >= 4 is 33.0 Å². The Kier molecular flexibility index (Phi) is 4.75. The van der Waals surface area contributed by atoms with E-state index in [9.17, 15) is 8.42 Å².